The molecular weight excluding hydrogens is 288 g/mol. The van der Waals surface area contributed by atoms with E-state index < -0.39 is 17.9 Å². The molecule has 1 atom stereocenters. The second-order valence-electron chi connectivity index (χ2n) is 2.96. The first-order valence-corrected chi connectivity index (χ1v) is 5.24. The molecule has 0 aliphatic rings. The maximum absolute atomic E-state index is 13.4. The summed E-state index contributed by atoms with van der Waals surface area (Å²) in [5.41, 5.74) is 5.25. The van der Waals surface area contributed by atoms with Gasteiger partial charge in [0.15, 0.2) is 4.67 Å². The van der Waals surface area contributed by atoms with Crippen LogP contribution in [0.2, 0.25) is 0 Å². The molecule has 0 spiro atoms. The van der Waals surface area contributed by atoms with Gasteiger partial charge in [-0.05, 0) is 35.0 Å². The van der Waals surface area contributed by atoms with Crippen LogP contribution >= 0.6 is 15.9 Å². The summed E-state index contributed by atoms with van der Waals surface area (Å²) in [6, 6.07) is 0.816. The molecule has 16 heavy (non-hydrogen) atoms. The van der Waals surface area contributed by atoms with E-state index in [1.807, 2.05) is 0 Å². The molecule has 1 aromatic rings. The Labute approximate surface area is 98.9 Å². The highest BCUT2D eigenvalue weighted by molar-refractivity contribution is 9.10. The van der Waals surface area contributed by atoms with Crippen molar-refractivity contribution in [3.8, 4) is 0 Å². The van der Waals surface area contributed by atoms with Crippen molar-refractivity contribution in [2.45, 2.75) is 18.9 Å². The Hall–Kier alpha value is -0.950. The van der Waals surface area contributed by atoms with Crippen molar-refractivity contribution in [1.29, 1.82) is 0 Å². The van der Waals surface area contributed by atoms with Gasteiger partial charge in [-0.15, -0.1) is 0 Å². The summed E-state index contributed by atoms with van der Waals surface area (Å²) in [5, 5.41) is 0. The van der Waals surface area contributed by atoms with Crippen molar-refractivity contribution in [2.75, 3.05) is 6.61 Å². The number of ether oxygens (including phenoxy) is 1. The Morgan fingerprint density at radius 2 is 2.31 bits per heavy atom. The van der Waals surface area contributed by atoms with E-state index in [-0.39, 0.29) is 17.0 Å². The van der Waals surface area contributed by atoms with Crippen molar-refractivity contribution in [2.24, 2.45) is 5.73 Å². The zero-order chi connectivity index (χ0) is 12.3. The van der Waals surface area contributed by atoms with Crippen LogP contribution in [0.5, 0.6) is 0 Å². The third-order valence-corrected chi connectivity index (χ3v) is 2.26. The van der Waals surface area contributed by atoms with E-state index in [1.165, 1.54) is 19.1 Å². The van der Waals surface area contributed by atoms with E-state index in [0.717, 1.165) is 0 Å². The molecular formula is C9H10BrF2NO3. The maximum atomic E-state index is 13.4. The van der Waals surface area contributed by atoms with Crippen LogP contribution < -0.4 is 5.73 Å². The number of alkyl halides is 2. The van der Waals surface area contributed by atoms with Crippen LogP contribution in [0, 0.1) is 0 Å². The van der Waals surface area contributed by atoms with E-state index in [4.69, 9.17) is 10.2 Å². The number of hydrogen-bond acceptors (Lipinski definition) is 4. The summed E-state index contributed by atoms with van der Waals surface area (Å²) >= 11 is 2.95. The second kappa shape index (κ2) is 4.92. The molecule has 0 saturated heterocycles. The van der Waals surface area contributed by atoms with E-state index in [2.05, 4.69) is 20.7 Å². The normalized spacial score (nSPS) is 13.6. The molecule has 7 heteroatoms. The van der Waals surface area contributed by atoms with E-state index in [0.29, 0.717) is 0 Å². The average molecular weight is 298 g/mol. The fraction of sp³-hybridized carbons (Fsp3) is 0.444. The molecule has 1 rings (SSSR count). The van der Waals surface area contributed by atoms with Gasteiger partial charge in [0.05, 0.1) is 6.61 Å². The standard InChI is InChI=1S/C9H10BrF2NO3/c1-2-15-8(14)9(11,12)7(13)5-3-4-6(10)16-5/h3-4,7H,2,13H2,1H3/t7-/m1/s1. The number of carbonyl (C=O) groups excluding carboxylic acids is 1. The van der Waals surface area contributed by atoms with Crippen LogP contribution in [0.4, 0.5) is 8.78 Å². The van der Waals surface area contributed by atoms with Crippen LogP contribution in [0.25, 0.3) is 0 Å². The Balaban J connectivity index is 2.87. The molecule has 2 N–H and O–H groups in total. The van der Waals surface area contributed by atoms with Crippen LogP contribution in [0.3, 0.4) is 0 Å². The lowest BCUT2D eigenvalue weighted by atomic mass is 10.1. The van der Waals surface area contributed by atoms with Crippen molar-refractivity contribution >= 4 is 21.9 Å². The highest BCUT2D eigenvalue weighted by atomic mass is 79.9. The summed E-state index contributed by atoms with van der Waals surface area (Å²) < 4.78 is 36.2. The smallest absolute Gasteiger partial charge is 0.379 e. The monoisotopic (exact) mass is 297 g/mol. The summed E-state index contributed by atoms with van der Waals surface area (Å²) in [7, 11) is 0. The Morgan fingerprint density at radius 1 is 1.69 bits per heavy atom. The number of esters is 1. The lowest BCUT2D eigenvalue weighted by Crippen LogP contribution is -2.41. The summed E-state index contributed by atoms with van der Waals surface area (Å²) in [6.45, 7) is 1.30. The first-order valence-electron chi connectivity index (χ1n) is 4.45. The Morgan fingerprint density at radius 3 is 2.75 bits per heavy atom. The van der Waals surface area contributed by atoms with Crippen LogP contribution in [-0.2, 0) is 9.53 Å². The molecule has 0 aromatic carbocycles. The van der Waals surface area contributed by atoms with E-state index >= 15 is 0 Å². The maximum Gasteiger partial charge on any atom is 0.379 e. The minimum atomic E-state index is -3.81. The minimum absolute atomic E-state index is 0.136. The Kier molecular flexibility index (Phi) is 4.03. The van der Waals surface area contributed by atoms with Crippen molar-refractivity contribution in [3.63, 3.8) is 0 Å². The largest absolute Gasteiger partial charge is 0.462 e. The zero-order valence-electron chi connectivity index (χ0n) is 8.38. The fourth-order valence-corrected chi connectivity index (χ4v) is 1.35. The van der Waals surface area contributed by atoms with Gasteiger partial charge >= 0.3 is 11.9 Å². The summed E-state index contributed by atoms with van der Waals surface area (Å²) in [6.07, 6.45) is 0. The number of rotatable bonds is 4. The first-order chi connectivity index (χ1) is 7.39. The first kappa shape index (κ1) is 13.1. The molecule has 0 unspecified atom stereocenters. The molecule has 0 amide bonds. The van der Waals surface area contributed by atoms with Gasteiger partial charge in [0.1, 0.15) is 11.8 Å². The molecule has 0 bridgehead atoms. The van der Waals surface area contributed by atoms with Crippen LogP contribution in [0.15, 0.2) is 21.2 Å². The lowest BCUT2D eigenvalue weighted by Gasteiger charge is -2.19. The van der Waals surface area contributed by atoms with Gasteiger partial charge in [-0.1, -0.05) is 0 Å². The number of furan rings is 1. The number of carbonyl (C=O) groups is 1. The van der Waals surface area contributed by atoms with Gasteiger partial charge < -0.3 is 14.9 Å². The minimum Gasteiger partial charge on any atom is -0.462 e. The quantitative estimate of drug-likeness (QED) is 0.866. The molecule has 90 valence electrons. The molecule has 0 aliphatic heterocycles. The molecule has 1 aromatic heterocycles. The predicted molar refractivity (Wildman–Crippen MR) is 54.9 cm³/mol. The van der Waals surface area contributed by atoms with Crippen LogP contribution in [0.1, 0.15) is 18.7 Å². The SMILES string of the molecule is CCOC(=O)C(F)(F)[C@H](N)c1ccc(Br)o1. The van der Waals surface area contributed by atoms with Crippen molar-refractivity contribution in [3.05, 3.63) is 22.6 Å². The Bertz CT molecular complexity index is 381. The fourth-order valence-electron chi connectivity index (χ4n) is 1.03. The van der Waals surface area contributed by atoms with Crippen molar-refractivity contribution in [1.82, 2.24) is 0 Å². The highest BCUT2D eigenvalue weighted by Crippen LogP contribution is 2.32. The highest BCUT2D eigenvalue weighted by Gasteiger charge is 2.49. The van der Waals surface area contributed by atoms with Gasteiger partial charge in [0, 0.05) is 0 Å². The van der Waals surface area contributed by atoms with Gasteiger partial charge in [0.2, 0.25) is 0 Å². The predicted octanol–water partition coefficient (Wildman–Crippen LogP) is 2.24. The lowest BCUT2D eigenvalue weighted by molar-refractivity contribution is -0.175. The molecule has 0 fully saturated rings. The van der Waals surface area contributed by atoms with Gasteiger partial charge in [-0.3, -0.25) is 0 Å². The van der Waals surface area contributed by atoms with Crippen LogP contribution in [-0.4, -0.2) is 18.5 Å². The third kappa shape index (κ3) is 2.59. The third-order valence-electron chi connectivity index (χ3n) is 1.84. The van der Waals surface area contributed by atoms with E-state index in [1.54, 1.807) is 0 Å². The topological polar surface area (TPSA) is 65.5 Å². The van der Waals surface area contributed by atoms with Crippen molar-refractivity contribution < 1.29 is 22.7 Å². The second-order valence-corrected chi connectivity index (χ2v) is 3.74. The zero-order valence-corrected chi connectivity index (χ0v) is 9.96. The molecule has 4 nitrogen and oxygen atoms in total. The molecule has 0 saturated carbocycles. The number of halogens is 3. The van der Waals surface area contributed by atoms with Gasteiger partial charge in [0.25, 0.3) is 0 Å². The van der Waals surface area contributed by atoms with Gasteiger partial charge in [-0.25, -0.2) is 4.79 Å². The molecule has 0 aliphatic carbocycles. The summed E-state index contributed by atoms with van der Waals surface area (Å²) in [5.74, 6) is -5.66. The average Bonchev–Trinajstić information content (AvgIpc) is 2.64. The van der Waals surface area contributed by atoms with Gasteiger partial charge in [-0.2, -0.15) is 8.78 Å². The summed E-state index contributed by atoms with van der Waals surface area (Å²) in [4.78, 5) is 11.0. The number of hydrogen-bond donors (Lipinski definition) is 1. The molecule has 1 heterocycles. The van der Waals surface area contributed by atoms with E-state index in [9.17, 15) is 13.6 Å². The number of nitrogens with two attached hydrogens (primary N) is 1. The molecule has 0 radical (unpaired) electrons.